The predicted molar refractivity (Wildman–Crippen MR) is 63.3 cm³/mol. The van der Waals surface area contributed by atoms with Gasteiger partial charge in [-0.2, -0.15) is 0 Å². The third-order valence-electron chi connectivity index (χ3n) is 3.35. The van der Waals surface area contributed by atoms with Gasteiger partial charge in [-0.1, -0.05) is 17.7 Å². The number of hydrogen-bond acceptors (Lipinski definition) is 2. The maximum Gasteiger partial charge on any atom is 0.246 e. The highest BCUT2D eigenvalue weighted by atomic mass is 16.2. The summed E-state index contributed by atoms with van der Waals surface area (Å²) in [5, 5.41) is 6.28. The SMILES string of the molecule is Cc1ccc2c(c1)C(NCC1CC1)C(=O)N2. The molecule has 3 heteroatoms. The fourth-order valence-electron chi connectivity index (χ4n) is 2.19. The number of nitrogens with one attached hydrogen (secondary N) is 2. The average Bonchev–Trinajstić information content (AvgIpc) is 3.01. The molecule has 3 rings (SSSR count). The molecular formula is C13H16N2O. The molecule has 0 saturated heterocycles. The van der Waals surface area contributed by atoms with Crippen molar-refractivity contribution in [3.63, 3.8) is 0 Å². The van der Waals surface area contributed by atoms with Gasteiger partial charge in [-0.05, 0) is 38.3 Å². The molecule has 84 valence electrons. The van der Waals surface area contributed by atoms with E-state index in [2.05, 4.69) is 23.6 Å². The number of carbonyl (C=O) groups excluding carboxylic acids is 1. The van der Waals surface area contributed by atoms with Gasteiger partial charge in [0.05, 0.1) is 0 Å². The van der Waals surface area contributed by atoms with Crippen LogP contribution in [0.4, 0.5) is 5.69 Å². The average molecular weight is 216 g/mol. The van der Waals surface area contributed by atoms with E-state index in [0.717, 1.165) is 23.7 Å². The lowest BCUT2D eigenvalue weighted by molar-refractivity contribution is -0.117. The number of amides is 1. The van der Waals surface area contributed by atoms with Crippen LogP contribution in [-0.4, -0.2) is 12.5 Å². The van der Waals surface area contributed by atoms with Crippen molar-refractivity contribution in [3.05, 3.63) is 29.3 Å². The number of aryl methyl sites for hydroxylation is 1. The third kappa shape index (κ3) is 1.71. The Bertz CT molecular complexity index is 438. The lowest BCUT2D eigenvalue weighted by atomic mass is 10.1. The minimum Gasteiger partial charge on any atom is -0.324 e. The van der Waals surface area contributed by atoms with E-state index in [4.69, 9.17) is 0 Å². The highest BCUT2D eigenvalue weighted by Gasteiger charge is 2.32. The van der Waals surface area contributed by atoms with E-state index in [1.54, 1.807) is 0 Å². The molecule has 3 nitrogen and oxygen atoms in total. The standard InChI is InChI=1S/C13H16N2O/c1-8-2-5-11-10(6-8)12(13(16)15-11)14-7-9-3-4-9/h2,5-6,9,12,14H,3-4,7H2,1H3,(H,15,16). The van der Waals surface area contributed by atoms with Gasteiger partial charge in [0.15, 0.2) is 0 Å². The van der Waals surface area contributed by atoms with Crippen LogP contribution in [0.25, 0.3) is 0 Å². The van der Waals surface area contributed by atoms with Gasteiger partial charge in [-0.3, -0.25) is 4.79 Å². The highest BCUT2D eigenvalue weighted by molar-refractivity contribution is 6.02. The van der Waals surface area contributed by atoms with Gasteiger partial charge in [-0.15, -0.1) is 0 Å². The summed E-state index contributed by atoms with van der Waals surface area (Å²) in [6.45, 7) is 3.02. The van der Waals surface area contributed by atoms with E-state index >= 15 is 0 Å². The predicted octanol–water partition coefficient (Wildman–Crippen LogP) is 1.99. The van der Waals surface area contributed by atoms with Crippen LogP contribution in [0.3, 0.4) is 0 Å². The van der Waals surface area contributed by atoms with Crippen molar-refractivity contribution in [1.82, 2.24) is 5.32 Å². The van der Waals surface area contributed by atoms with Crippen molar-refractivity contribution >= 4 is 11.6 Å². The van der Waals surface area contributed by atoms with Crippen molar-refractivity contribution < 1.29 is 4.79 Å². The Morgan fingerprint density at radius 1 is 1.44 bits per heavy atom. The molecule has 2 aliphatic rings. The Morgan fingerprint density at radius 2 is 2.25 bits per heavy atom. The zero-order valence-electron chi connectivity index (χ0n) is 9.42. The summed E-state index contributed by atoms with van der Waals surface area (Å²) in [6.07, 6.45) is 2.62. The number of rotatable bonds is 3. The molecule has 1 unspecified atom stereocenters. The highest BCUT2D eigenvalue weighted by Crippen LogP contribution is 2.33. The summed E-state index contributed by atoms with van der Waals surface area (Å²) in [7, 11) is 0. The minimum absolute atomic E-state index is 0.0845. The van der Waals surface area contributed by atoms with E-state index in [9.17, 15) is 4.79 Å². The normalized spacial score (nSPS) is 23.1. The monoisotopic (exact) mass is 216 g/mol. The van der Waals surface area contributed by atoms with E-state index in [1.165, 1.54) is 18.4 Å². The Labute approximate surface area is 95.2 Å². The summed E-state index contributed by atoms with van der Waals surface area (Å²) >= 11 is 0. The van der Waals surface area contributed by atoms with E-state index in [1.807, 2.05) is 12.1 Å². The molecule has 0 radical (unpaired) electrons. The molecule has 1 amide bonds. The summed E-state index contributed by atoms with van der Waals surface area (Å²) in [4.78, 5) is 11.8. The molecule has 2 N–H and O–H groups in total. The van der Waals surface area contributed by atoms with E-state index in [-0.39, 0.29) is 11.9 Å². The third-order valence-corrected chi connectivity index (χ3v) is 3.35. The molecule has 1 aliphatic heterocycles. The molecule has 0 aromatic heterocycles. The molecule has 1 atom stereocenters. The first-order valence-electron chi connectivity index (χ1n) is 5.89. The van der Waals surface area contributed by atoms with E-state index in [0.29, 0.717) is 0 Å². The van der Waals surface area contributed by atoms with Crippen LogP contribution in [0.5, 0.6) is 0 Å². The minimum atomic E-state index is -0.143. The Kier molecular flexibility index (Phi) is 2.21. The first-order chi connectivity index (χ1) is 7.74. The van der Waals surface area contributed by atoms with Crippen molar-refractivity contribution in [2.24, 2.45) is 5.92 Å². The van der Waals surface area contributed by atoms with Crippen LogP contribution >= 0.6 is 0 Å². The van der Waals surface area contributed by atoms with Gasteiger partial charge in [0.25, 0.3) is 0 Å². The van der Waals surface area contributed by atoms with Gasteiger partial charge in [0, 0.05) is 11.3 Å². The fourth-order valence-corrected chi connectivity index (χ4v) is 2.19. The van der Waals surface area contributed by atoms with Gasteiger partial charge in [0.2, 0.25) is 5.91 Å². The van der Waals surface area contributed by atoms with Crippen LogP contribution < -0.4 is 10.6 Å². The van der Waals surface area contributed by atoms with Crippen molar-refractivity contribution in [3.8, 4) is 0 Å². The van der Waals surface area contributed by atoms with Crippen LogP contribution in [0.15, 0.2) is 18.2 Å². The second-order valence-corrected chi connectivity index (χ2v) is 4.86. The van der Waals surface area contributed by atoms with Gasteiger partial charge >= 0.3 is 0 Å². The summed E-state index contributed by atoms with van der Waals surface area (Å²) in [5.74, 6) is 0.878. The van der Waals surface area contributed by atoms with Gasteiger partial charge in [-0.25, -0.2) is 0 Å². The summed E-state index contributed by atoms with van der Waals surface area (Å²) in [5.41, 5.74) is 3.27. The number of anilines is 1. The van der Waals surface area contributed by atoms with Crippen LogP contribution in [0.2, 0.25) is 0 Å². The molecule has 1 saturated carbocycles. The summed E-state index contributed by atoms with van der Waals surface area (Å²) < 4.78 is 0. The largest absolute Gasteiger partial charge is 0.324 e. The van der Waals surface area contributed by atoms with Crippen molar-refractivity contribution in [2.45, 2.75) is 25.8 Å². The number of fused-ring (bicyclic) bond motifs is 1. The summed E-state index contributed by atoms with van der Waals surface area (Å²) in [6, 6.07) is 5.97. The number of carbonyl (C=O) groups is 1. The first-order valence-corrected chi connectivity index (χ1v) is 5.89. The zero-order valence-corrected chi connectivity index (χ0v) is 9.42. The second-order valence-electron chi connectivity index (χ2n) is 4.86. The first kappa shape index (κ1) is 9.85. The van der Waals surface area contributed by atoms with Crippen LogP contribution in [0.1, 0.15) is 30.0 Å². The molecule has 1 aromatic carbocycles. The number of benzene rings is 1. The van der Waals surface area contributed by atoms with Crippen molar-refractivity contribution in [2.75, 3.05) is 11.9 Å². The molecule has 1 aromatic rings. The van der Waals surface area contributed by atoms with E-state index < -0.39 is 0 Å². The van der Waals surface area contributed by atoms with Gasteiger partial charge < -0.3 is 10.6 Å². The molecule has 1 aliphatic carbocycles. The fraction of sp³-hybridized carbons (Fsp3) is 0.462. The quantitative estimate of drug-likeness (QED) is 0.811. The maximum atomic E-state index is 11.8. The Balaban J connectivity index is 1.82. The second kappa shape index (κ2) is 3.59. The lowest BCUT2D eigenvalue weighted by Crippen LogP contribution is -2.29. The molecule has 1 fully saturated rings. The van der Waals surface area contributed by atoms with Gasteiger partial charge in [0.1, 0.15) is 6.04 Å². The lowest BCUT2D eigenvalue weighted by Gasteiger charge is -2.11. The smallest absolute Gasteiger partial charge is 0.246 e. The molecule has 1 heterocycles. The maximum absolute atomic E-state index is 11.8. The van der Waals surface area contributed by atoms with Crippen LogP contribution in [-0.2, 0) is 4.79 Å². The Morgan fingerprint density at radius 3 is 3.00 bits per heavy atom. The van der Waals surface area contributed by atoms with Crippen molar-refractivity contribution in [1.29, 1.82) is 0 Å². The van der Waals surface area contributed by atoms with Crippen LogP contribution in [0, 0.1) is 12.8 Å². The topological polar surface area (TPSA) is 41.1 Å². The zero-order chi connectivity index (χ0) is 11.1. The molecule has 16 heavy (non-hydrogen) atoms. The molecule has 0 bridgehead atoms. The molecular weight excluding hydrogens is 200 g/mol. The Hall–Kier alpha value is -1.35. The number of hydrogen-bond donors (Lipinski definition) is 2. The molecule has 0 spiro atoms.